The fourth-order valence-electron chi connectivity index (χ4n) is 1.15. The highest BCUT2D eigenvalue weighted by molar-refractivity contribution is 5.81. The Labute approximate surface area is 75.0 Å². The van der Waals surface area contributed by atoms with Gasteiger partial charge in [0.05, 0.1) is 6.10 Å². The molecule has 0 fully saturated rings. The van der Waals surface area contributed by atoms with Gasteiger partial charge >= 0.3 is 0 Å². The van der Waals surface area contributed by atoms with E-state index in [1.807, 2.05) is 13.8 Å². The van der Waals surface area contributed by atoms with Gasteiger partial charge in [-0.2, -0.15) is 0 Å². The van der Waals surface area contributed by atoms with Crippen LogP contribution in [0.1, 0.15) is 46.5 Å². The van der Waals surface area contributed by atoms with Crippen LogP contribution >= 0.6 is 0 Å². The predicted molar refractivity (Wildman–Crippen MR) is 50.0 cm³/mol. The molecule has 2 nitrogen and oxygen atoms in total. The van der Waals surface area contributed by atoms with E-state index >= 15 is 0 Å². The van der Waals surface area contributed by atoms with Gasteiger partial charge in [-0.1, -0.05) is 27.2 Å². The van der Waals surface area contributed by atoms with E-state index in [0.717, 1.165) is 12.8 Å². The van der Waals surface area contributed by atoms with Crippen molar-refractivity contribution in [2.45, 2.75) is 52.6 Å². The number of hydrogen-bond acceptors (Lipinski definition) is 2. The van der Waals surface area contributed by atoms with Crippen LogP contribution in [0.25, 0.3) is 0 Å². The second kappa shape index (κ2) is 6.18. The maximum absolute atomic E-state index is 11.3. The fourth-order valence-corrected chi connectivity index (χ4v) is 1.15. The lowest BCUT2D eigenvalue weighted by atomic mass is 9.94. The summed E-state index contributed by atoms with van der Waals surface area (Å²) in [6.07, 6.45) is 2.82. The molecule has 0 heterocycles. The number of ketones is 1. The van der Waals surface area contributed by atoms with Crippen molar-refractivity contribution in [3.63, 3.8) is 0 Å². The number of aliphatic hydroxyl groups excluding tert-OH is 1. The molecule has 0 spiro atoms. The van der Waals surface area contributed by atoms with E-state index in [2.05, 4.69) is 6.92 Å². The van der Waals surface area contributed by atoms with E-state index in [0.29, 0.717) is 12.8 Å². The second-order valence-electron chi connectivity index (χ2n) is 3.33. The molecule has 0 unspecified atom stereocenters. The topological polar surface area (TPSA) is 37.3 Å². The zero-order valence-electron chi connectivity index (χ0n) is 8.34. The summed E-state index contributed by atoms with van der Waals surface area (Å²) in [4.78, 5) is 11.3. The van der Waals surface area contributed by atoms with Gasteiger partial charge in [0.2, 0.25) is 0 Å². The van der Waals surface area contributed by atoms with Gasteiger partial charge in [0.15, 0.2) is 0 Å². The van der Waals surface area contributed by atoms with Gasteiger partial charge in [-0.3, -0.25) is 4.79 Å². The standard InChI is InChI=1S/C10H20O2/c1-4-6-7-10(12)8(3)9(11)5-2/h8-9,11H,4-7H2,1-3H3/t8-,9+/m1/s1. The summed E-state index contributed by atoms with van der Waals surface area (Å²) in [5, 5.41) is 9.38. The minimum absolute atomic E-state index is 0.179. The Bertz CT molecular complexity index is 132. The molecule has 2 heteroatoms. The van der Waals surface area contributed by atoms with Crippen LogP contribution in [0.5, 0.6) is 0 Å². The van der Waals surface area contributed by atoms with E-state index in [9.17, 15) is 9.90 Å². The lowest BCUT2D eigenvalue weighted by molar-refractivity contribution is -0.125. The van der Waals surface area contributed by atoms with Crippen LogP contribution in [-0.4, -0.2) is 17.0 Å². The number of carbonyl (C=O) groups excluding carboxylic acids is 1. The van der Waals surface area contributed by atoms with Crippen LogP contribution in [-0.2, 0) is 4.79 Å². The first kappa shape index (κ1) is 11.6. The van der Waals surface area contributed by atoms with E-state index in [4.69, 9.17) is 0 Å². The van der Waals surface area contributed by atoms with Crippen molar-refractivity contribution in [2.24, 2.45) is 5.92 Å². The molecule has 0 saturated carbocycles. The first-order valence-electron chi connectivity index (χ1n) is 4.84. The molecule has 0 aromatic rings. The molecule has 0 aliphatic rings. The van der Waals surface area contributed by atoms with Crippen molar-refractivity contribution in [1.29, 1.82) is 0 Å². The summed E-state index contributed by atoms with van der Waals surface area (Å²) < 4.78 is 0. The SMILES string of the molecule is CCCCC(=O)[C@H](C)[C@@H](O)CC. The monoisotopic (exact) mass is 172 g/mol. The van der Waals surface area contributed by atoms with E-state index < -0.39 is 6.10 Å². The molecule has 72 valence electrons. The lowest BCUT2D eigenvalue weighted by Crippen LogP contribution is -2.24. The Balaban J connectivity index is 3.75. The van der Waals surface area contributed by atoms with Crippen LogP contribution in [0.15, 0.2) is 0 Å². The first-order valence-corrected chi connectivity index (χ1v) is 4.84. The average Bonchev–Trinajstić information content (AvgIpc) is 2.11. The molecule has 0 aliphatic heterocycles. The summed E-state index contributed by atoms with van der Waals surface area (Å²) in [6, 6.07) is 0. The summed E-state index contributed by atoms with van der Waals surface area (Å²) in [5.74, 6) is 0.0211. The van der Waals surface area contributed by atoms with Crippen LogP contribution in [0.3, 0.4) is 0 Å². The Hall–Kier alpha value is -0.370. The summed E-state index contributed by atoms with van der Waals surface area (Å²) >= 11 is 0. The molecule has 0 saturated heterocycles. The number of hydrogen-bond donors (Lipinski definition) is 1. The zero-order valence-corrected chi connectivity index (χ0v) is 8.34. The van der Waals surface area contributed by atoms with Crippen LogP contribution in [0.2, 0.25) is 0 Å². The Morgan fingerprint density at radius 3 is 2.42 bits per heavy atom. The minimum atomic E-state index is -0.450. The largest absolute Gasteiger partial charge is 0.392 e. The number of Topliss-reactive ketones (excluding diaryl/α,β-unsaturated/α-hetero) is 1. The molecule has 2 atom stereocenters. The van der Waals surface area contributed by atoms with Gasteiger partial charge in [-0.05, 0) is 12.8 Å². The highest BCUT2D eigenvalue weighted by Crippen LogP contribution is 2.11. The molecule has 0 rings (SSSR count). The molecular formula is C10H20O2. The van der Waals surface area contributed by atoms with Crippen molar-refractivity contribution < 1.29 is 9.90 Å². The smallest absolute Gasteiger partial charge is 0.138 e. The van der Waals surface area contributed by atoms with Gasteiger partial charge in [0.25, 0.3) is 0 Å². The summed E-state index contributed by atoms with van der Waals surface area (Å²) in [6.45, 7) is 5.77. The Kier molecular flexibility index (Phi) is 5.99. The van der Waals surface area contributed by atoms with Crippen molar-refractivity contribution in [1.82, 2.24) is 0 Å². The van der Waals surface area contributed by atoms with E-state index in [1.165, 1.54) is 0 Å². The minimum Gasteiger partial charge on any atom is -0.392 e. The maximum atomic E-state index is 11.3. The number of carbonyl (C=O) groups is 1. The van der Waals surface area contributed by atoms with Crippen LogP contribution in [0.4, 0.5) is 0 Å². The zero-order chi connectivity index (χ0) is 9.56. The molecule has 0 aromatic carbocycles. The number of aliphatic hydroxyl groups is 1. The molecule has 12 heavy (non-hydrogen) atoms. The summed E-state index contributed by atoms with van der Waals surface area (Å²) in [5.41, 5.74) is 0. The van der Waals surface area contributed by atoms with Crippen molar-refractivity contribution >= 4 is 5.78 Å². The Morgan fingerprint density at radius 2 is 2.00 bits per heavy atom. The normalized spacial score (nSPS) is 15.7. The summed E-state index contributed by atoms with van der Waals surface area (Å²) in [7, 11) is 0. The molecule has 1 N–H and O–H groups in total. The quantitative estimate of drug-likeness (QED) is 0.666. The van der Waals surface area contributed by atoms with Gasteiger partial charge in [-0.15, -0.1) is 0 Å². The van der Waals surface area contributed by atoms with Crippen molar-refractivity contribution in [3.05, 3.63) is 0 Å². The maximum Gasteiger partial charge on any atom is 0.138 e. The molecule has 0 radical (unpaired) electrons. The average molecular weight is 172 g/mol. The lowest BCUT2D eigenvalue weighted by Gasteiger charge is -2.15. The molecule has 0 amide bonds. The third kappa shape index (κ3) is 3.86. The highest BCUT2D eigenvalue weighted by atomic mass is 16.3. The van der Waals surface area contributed by atoms with Gasteiger partial charge in [0.1, 0.15) is 5.78 Å². The molecule has 0 bridgehead atoms. The van der Waals surface area contributed by atoms with E-state index in [1.54, 1.807) is 0 Å². The Morgan fingerprint density at radius 1 is 1.42 bits per heavy atom. The van der Waals surface area contributed by atoms with Crippen LogP contribution in [0, 0.1) is 5.92 Å². The van der Waals surface area contributed by atoms with Crippen molar-refractivity contribution in [2.75, 3.05) is 0 Å². The third-order valence-corrected chi connectivity index (χ3v) is 2.28. The van der Waals surface area contributed by atoms with E-state index in [-0.39, 0.29) is 11.7 Å². The van der Waals surface area contributed by atoms with Gasteiger partial charge < -0.3 is 5.11 Å². The van der Waals surface area contributed by atoms with Crippen LogP contribution < -0.4 is 0 Å². The van der Waals surface area contributed by atoms with Crippen molar-refractivity contribution in [3.8, 4) is 0 Å². The van der Waals surface area contributed by atoms with Gasteiger partial charge in [-0.25, -0.2) is 0 Å². The highest BCUT2D eigenvalue weighted by Gasteiger charge is 2.19. The molecule has 0 aromatic heterocycles. The second-order valence-corrected chi connectivity index (χ2v) is 3.33. The molecule has 0 aliphatic carbocycles. The first-order chi connectivity index (χ1) is 5.63. The molecular weight excluding hydrogens is 152 g/mol. The number of rotatable bonds is 6. The van der Waals surface area contributed by atoms with Gasteiger partial charge in [0, 0.05) is 12.3 Å². The predicted octanol–water partition coefficient (Wildman–Crippen LogP) is 2.15. The third-order valence-electron chi connectivity index (χ3n) is 2.28. The fraction of sp³-hybridized carbons (Fsp3) is 0.900. The number of unbranched alkanes of at least 4 members (excludes halogenated alkanes) is 1.